The van der Waals surface area contributed by atoms with Gasteiger partial charge < -0.3 is 25.4 Å². The van der Waals surface area contributed by atoms with Crippen LogP contribution in [0.4, 0.5) is 5.69 Å². The number of anilines is 1. The van der Waals surface area contributed by atoms with Crippen molar-refractivity contribution in [1.82, 2.24) is 10.6 Å². The minimum Gasteiger partial charge on any atom is -0.497 e. The van der Waals surface area contributed by atoms with Gasteiger partial charge in [-0.15, -0.1) is 0 Å². The van der Waals surface area contributed by atoms with Crippen molar-refractivity contribution in [2.45, 2.75) is 12.8 Å². The molecule has 1 aliphatic rings. The first-order valence-corrected chi connectivity index (χ1v) is 9.71. The largest absolute Gasteiger partial charge is 0.497 e. The molecule has 3 N–H and O–H groups in total. The number of carbonyl (C=O) groups is 3. The van der Waals surface area contributed by atoms with Crippen LogP contribution >= 0.6 is 0 Å². The molecule has 2 aromatic rings. The molecule has 0 heterocycles. The maximum Gasteiger partial charge on any atom is 0.259 e. The van der Waals surface area contributed by atoms with Crippen molar-refractivity contribution in [3.05, 3.63) is 53.6 Å². The molecule has 8 heteroatoms. The molecule has 0 atom stereocenters. The van der Waals surface area contributed by atoms with E-state index in [0.29, 0.717) is 41.4 Å². The Morgan fingerprint density at radius 2 is 1.60 bits per heavy atom. The van der Waals surface area contributed by atoms with Gasteiger partial charge in [-0.25, -0.2) is 0 Å². The SMILES string of the molecule is COc1ccc(C(=O)Nc2ccc(C(=O)NCCNC(=O)C3CC3)cc2)c(OC)c1. The molecule has 1 fully saturated rings. The van der Waals surface area contributed by atoms with E-state index in [4.69, 9.17) is 9.47 Å². The minimum absolute atomic E-state index is 0.0535. The van der Waals surface area contributed by atoms with Crippen LogP contribution in [-0.4, -0.2) is 45.0 Å². The van der Waals surface area contributed by atoms with Crippen LogP contribution < -0.4 is 25.4 Å². The van der Waals surface area contributed by atoms with Gasteiger partial charge in [0.2, 0.25) is 5.91 Å². The first-order valence-electron chi connectivity index (χ1n) is 9.71. The van der Waals surface area contributed by atoms with E-state index in [1.165, 1.54) is 14.2 Å². The Bertz CT molecular complexity index is 923. The van der Waals surface area contributed by atoms with E-state index in [9.17, 15) is 14.4 Å². The quantitative estimate of drug-likeness (QED) is 0.549. The predicted molar refractivity (Wildman–Crippen MR) is 112 cm³/mol. The maximum atomic E-state index is 12.5. The van der Waals surface area contributed by atoms with Crippen LogP contribution in [0.25, 0.3) is 0 Å². The Balaban J connectivity index is 1.51. The number of hydrogen-bond acceptors (Lipinski definition) is 5. The Kier molecular flexibility index (Phi) is 6.90. The number of amides is 3. The highest BCUT2D eigenvalue weighted by molar-refractivity contribution is 6.06. The number of nitrogens with one attached hydrogen (secondary N) is 3. The number of benzene rings is 2. The molecule has 1 saturated carbocycles. The van der Waals surface area contributed by atoms with Gasteiger partial charge in [-0.3, -0.25) is 14.4 Å². The van der Waals surface area contributed by atoms with Gasteiger partial charge >= 0.3 is 0 Å². The van der Waals surface area contributed by atoms with Gasteiger partial charge in [-0.05, 0) is 49.2 Å². The molecule has 0 unspecified atom stereocenters. The second kappa shape index (κ2) is 9.78. The lowest BCUT2D eigenvalue weighted by atomic mass is 10.1. The highest BCUT2D eigenvalue weighted by Gasteiger charge is 2.29. The zero-order chi connectivity index (χ0) is 21.5. The monoisotopic (exact) mass is 411 g/mol. The second-order valence-electron chi connectivity index (χ2n) is 6.92. The average molecular weight is 411 g/mol. The number of carbonyl (C=O) groups excluding carboxylic acids is 3. The summed E-state index contributed by atoms with van der Waals surface area (Å²) >= 11 is 0. The molecule has 0 bridgehead atoms. The molecule has 2 aromatic carbocycles. The summed E-state index contributed by atoms with van der Waals surface area (Å²) in [6, 6.07) is 11.5. The van der Waals surface area contributed by atoms with Crippen molar-refractivity contribution >= 4 is 23.4 Å². The fourth-order valence-corrected chi connectivity index (χ4v) is 2.84. The third-order valence-electron chi connectivity index (χ3n) is 4.72. The van der Waals surface area contributed by atoms with Crippen LogP contribution in [0, 0.1) is 5.92 Å². The highest BCUT2D eigenvalue weighted by Crippen LogP contribution is 2.28. The predicted octanol–water partition coefficient (Wildman–Crippen LogP) is 2.21. The Morgan fingerprint density at radius 3 is 2.23 bits per heavy atom. The lowest BCUT2D eigenvalue weighted by molar-refractivity contribution is -0.122. The van der Waals surface area contributed by atoms with E-state index in [0.717, 1.165) is 12.8 Å². The molecule has 0 radical (unpaired) electrons. The van der Waals surface area contributed by atoms with E-state index in [-0.39, 0.29) is 23.6 Å². The van der Waals surface area contributed by atoms with E-state index in [2.05, 4.69) is 16.0 Å². The van der Waals surface area contributed by atoms with E-state index in [1.807, 2.05) is 0 Å². The van der Waals surface area contributed by atoms with Crippen LogP contribution in [0.2, 0.25) is 0 Å². The van der Waals surface area contributed by atoms with Crippen molar-refractivity contribution in [2.75, 3.05) is 32.6 Å². The van der Waals surface area contributed by atoms with Crippen LogP contribution in [0.1, 0.15) is 33.6 Å². The summed E-state index contributed by atoms with van der Waals surface area (Å²) < 4.78 is 10.4. The molecule has 30 heavy (non-hydrogen) atoms. The molecule has 0 spiro atoms. The van der Waals surface area contributed by atoms with E-state index < -0.39 is 0 Å². The topological polar surface area (TPSA) is 106 Å². The Hall–Kier alpha value is -3.55. The molecular weight excluding hydrogens is 386 g/mol. The summed E-state index contributed by atoms with van der Waals surface area (Å²) in [6.07, 6.45) is 1.90. The summed E-state index contributed by atoms with van der Waals surface area (Å²) in [6.45, 7) is 0.756. The maximum absolute atomic E-state index is 12.5. The van der Waals surface area contributed by atoms with Crippen molar-refractivity contribution in [3.8, 4) is 11.5 Å². The van der Waals surface area contributed by atoms with Crippen molar-refractivity contribution in [1.29, 1.82) is 0 Å². The summed E-state index contributed by atoms with van der Waals surface area (Å²) in [5, 5.41) is 8.33. The first-order chi connectivity index (χ1) is 14.5. The van der Waals surface area contributed by atoms with E-state index >= 15 is 0 Å². The fraction of sp³-hybridized carbons (Fsp3) is 0.318. The van der Waals surface area contributed by atoms with Crippen LogP contribution in [0.5, 0.6) is 11.5 Å². The summed E-state index contributed by atoms with van der Waals surface area (Å²) in [5.74, 6) is 0.616. The average Bonchev–Trinajstić information content (AvgIpc) is 3.62. The zero-order valence-electron chi connectivity index (χ0n) is 17.0. The van der Waals surface area contributed by atoms with Crippen LogP contribution in [0.15, 0.2) is 42.5 Å². The number of hydrogen-bond donors (Lipinski definition) is 3. The molecule has 3 amide bonds. The van der Waals surface area contributed by atoms with E-state index in [1.54, 1.807) is 42.5 Å². The normalized spacial score (nSPS) is 12.6. The van der Waals surface area contributed by atoms with Crippen LogP contribution in [0.3, 0.4) is 0 Å². The Morgan fingerprint density at radius 1 is 0.900 bits per heavy atom. The lowest BCUT2D eigenvalue weighted by Crippen LogP contribution is -2.35. The number of methoxy groups -OCH3 is 2. The summed E-state index contributed by atoms with van der Waals surface area (Å²) in [4.78, 5) is 36.3. The molecule has 0 saturated heterocycles. The number of ether oxygens (including phenoxy) is 2. The molecule has 3 rings (SSSR count). The van der Waals surface area contributed by atoms with Gasteiger partial charge in [0.25, 0.3) is 11.8 Å². The van der Waals surface area contributed by atoms with Gasteiger partial charge in [0.1, 0.15) is 11.5 Å². The van der Waals surface area contributed by atoms with Gasteiger partial charge in [-0.1, -0.05) is 0 Å². The second-order valence-corrected chi connectivity index (χ2v) is 6.92. The molecule has 158 valence electrons. The van der Waals surface area contributed by atoms with Crippen molar-refractivity contribution in [3.63, 3.8) is 0 Å². The number of rotatable bonds is 9. The highest BCUT2D eigenvalue weighted by atomic mass is 16.5. The van der Waals surface area contributed by atoms with Gasteiger partial charge in [0.05, 0.1) is 19.8 Å². The van der Waals surface area contributed by atoms with Crippen molar-refractivity contribution < 1.29 is 23.9 Å². The lowest BCUT2D eigenvalue weighted by Gasteiger charge is -2.11. The smallest absolute Gasteiger partial charge is 0.259 e. The van der Waals surface area contributed by atoms with Crippen molar-refractivity contribution in [2.24, 2.45) is 5.92 Å². The molecule has 1 aliphatic carbocycles. The van der Waals surface area contributed by atoms with Crippen LogP contribution in [-0.2, 0) is 4.79 Å². The molecule has 0 aromatic heterocycles. The molecular formula is C22H25N3O5. The summed E-state index contributed by atoms with van der Waals surface area (Å²) in [7, 11) is 3.02. The zero-order valence-corrected chi connectivity index (χ0v) is 17.0. The molecule has 8 nitrogen and oxygen atoms in total. The van der Waals surface area contributed by atoms with Gasteiger partial charge in [0.15, 0.2) is 0 Å². The summed E-state index contributed by atoms with van der Waals surface area (Å²) in [5.41, 5.74) is 1.38. The minimum atomic E-state index is -0.335. The molecule has 0 aliphatic heterocycles. The fourth-order valence-electron chi connectivity index (χ4n) is 2.84. The van der Waals surface area contributed by atoms with Gasteiger partial charge in [-0.2, -0.15) is 0 Å². The third-order valence-corrected chi connectivity index (χ3v) is 4.72. The third kappa shape index (κ3) is 5.50. The Labute approximate surface area is 174 Å². The van der Waals surface area contributed by atoms with Gasteiger partial charge in [0, 0.05) is 36.3 Å². The first kappa shape index (κ1) is 21.2. The standard InChI is InChI=1S/C22H25N3O5/c1-29-17-9-10-18(19(13-17)30-2)22(28)25-16-7-5-15(6-8-16)21(27)24-12-11-23-20(26)14-3-4-14/h5-10,13-14H,3-4,11-12H2,1-2H3,(H,23,26)(H,24,27)(H,25,28).